The lowest BCUT2D eigenvalue weighted by atomic mass is 10.0. The van der Waals surface area contributed by atoms with Crippen molar-refractivity contribution >= 4 is 0 Å². The fraction of sp³-hybridized carbons (Fsp3) is 0.818. The lowest BCUT2D eigenvalue weighted by molar-refractivity contribution is 0.399. The number of fused-ring (bicyclic) bond motifs is 1. The molecule has 0 spiro atoms. The number of hydrazine groups is 1. The molecule has 0 aliphatic heterocycles. The summed E-state index contributed by atoms with van der Waals surface area (Å²) in [6.45, 7) is 0. The monoisotopic (exact) mass is 221 g/mol. The van der Waals surface area contributed by atoms with Crippen LogP contribution in [0.5, 0.6) is 0 Å². The van der Waals surface area contributed by atoms with Crippen LogP contribution in [0, 0.1) is 17.8 Å². The molecule has 1 aromatic rings. The Bertz CT molecular complexity index is 364. The van der Waals surface area contributed by atoms with Crippen molar-refractivity contribution in [1.29, 1.82) is 0 Å². The Kier molecular flexibility index (Phi) is 2.44. The number of nitrogens with zero attached hydrogens (tertiary/aromatic N) is 3. The van der Waals surface area contributed by atoms with Gasteiger partial charge in [0, 0.05) is 19.5 Å². The van der Waals surface area contributed by atoms with Gasteiger partial charge < -0.3 is 0 Å². The van der Waals surface area contributed by atoms with Gasteiger partial charge in [0.1, 0.15) is 12.2 Å². The quantitative estimate of drug-likeness (QED) is 0.564. The summed E-state index contributed by atoms with van der Waals surface area (Å²) >= 11 is 0. The molecule has 2 fully saturated rings. The van der Waals surface area contributed by atoms with Crippen LogP contribution in [0.2, 0.25) is 0 Å². The first-order valence-electron chi connectivity index (χ1n) is 6.10. The molecule has 2 saturated carbocycles. The van der Waals surface area contributed by atoms with Gasteiger partial charge in [0.05, 0.1) is 0 Å². The van der Waals surface area contributed by atoms with E-state index in [1.165, 1.54) is 19.3 Å². The minimum absolute atomic E-state index is 0.373. The van der Waals surface area contributed by atoms with Crippen molar-refractivity contribution in [2.75, 3.05) is 0 Å². The van der Waals surface area contributed by atoms with Gasteiger partial charge in [-0.1, -0.05) is 6.42 Å². The Morgan fingerprint density at radius 1 is 1.56 bits per heavy atom. The highest BCUT2D eigenvalue weighted by Gasteiger charge is 2.55. The maximum atomic E-state index is 5.68. The smallest absolute Gasteiger partial charge is 0.138 e. The van der Waals surface area contributed by atoms with Crippen LogP contribution in [0.1, 0.15) is 25.1 Å². The van der Waals surface area contributed by atoms with Gasteiger partial charge in [-0.2, -0.15) is 5.10 Å². The summed E-state index contributed by atoms with van der Waals surface area (Å²) in [6.07, 6.45) is 6.70. The Morgan fingerprint density at radius 3 is 2.88 bits per heavy atom. The number of aryl methyl sites for hydroxylation is 1. The summed E-state index contributed by atoms with van der Waals surface area (Å²) in [6, 6.07) is 0.373. The summed E-state index contributed by atoms with van der Waals surface area (Å²) in [5.41, 5.74) is 2.98. The van der Waals surface area contributed by atoms with Crippen LogP contribution in [-0.2, 0) is 13.5 Å². The molecule has 2 aliphatic carbocycles. The van der Waals surface area contributed by atoms with Crippen molar-refractivity contribution in [1.82, 2.24) is 20.2 Å². The fourth-order valence-electron chi connectivity index (χ4n) is 3.48. The van der Waals surface area contributed by atoms with Gasteiger partial charge in [0.15, 0.2) is 0 Å². The van der Waals surface area contributed by atoms with E-state index in [0.29, 0.717) is 6.04 Å². The number of hydrogen-bond donors (Lipinski definition) is 2. The van der Waals surface area contributed by atoms with Gasteiger partial charge in [0.25, 0.3) is 0 Å². The summed E-state index contributed by atoms with van der Waals surface area (Å²) in [7, 11) is 1.93. The molecule has 5 heteroatoms. The molecule has 16 heavy (non-hydrogen) atoms. The molecule has 0 bridgehead atoms. The third-order valence-electron chi connectivity index (χ3n) is 4.36. The molecular formula is C11H19N5. The third kappa shape index (κ3) is 1.55. The van der Waals surface area contributed by atoms with Crippen molar-refractivity contribution < 1.29 is 0 Å². The number of hydrogen-bond acceptors (Lipinski definition) is 4. The predicted octanol–water partition coefficient (Wildman–Crippen LogP) is 0.236. The minimum atomic E-state index is 0.373. The highest BCUT2D eigenvalue weighted by molar-refractivity contribution is 5.08. The standard InChI is InChI=1S/C11H19N5/c1-16-10(13-6-14-16)5-9(15-12)11-7-3-2-4-8(7)11/h6-9,11,15H,2-5,12H2,1H3. The molecule has 1 heterocycles. The maximum absolute atomic E-state index is 5.68. The first kappa shape index (κ1) is 10.2. The van der Waals surface area contributed by atoms with E-state index in [-0.39, 0.29) is 0 Å². The molecule has 3 atom stereocenters. The van der Waals surface area contributed by atoms with Crippen molar-refractivity contribution in [2.45, 2.75) is 31.7 Å². The van der Waals surface area contributed by atoms with Crippen LogP contribution in [0.3, 0.4) is 0 Å². The fourth-order valence-corrected chi connectivity index (χ4v) is 3.48. The lowest BCUT2D eigenvalue weighted by Gasteiger charge is -2.17. The largest absolute Gasteiger partial charge is 0.271 e. The number of nitrogens with two attached hydrogens (primary N) is 1. The van der Waals surface area contributed by atoms with Gasteiger partial charge in [-0.3, -0.25) is 16.0 Å². The van der Waals surface area contributed by atoms with Crippen LogP contribution >= 0.6 is 0 Å². The van der Waals surface area contributed by atoms with Gasteiger partial charge in [-0.15, -0.1) is 0 Å². The molecule has 0 saturated heterocycles. The first-order valence-corrected chi connectivity index (χ1v) is 6.10. The van der Waals surface area contributed by atoms with Gasteiger partial charge >= 0.3 is 0 Å². The van der Waals surface area contributed by atoms with E-state index < -0.39 is 0 Å². The Labute approximate surface area is 95.4 Å². The van der Waals surface area contributed by atoms with E-state index in [4.69, 9.17) is 5.84 Å². The minimum Gasteiger partial charge on any atom is -0.271 e. The van der Waals surface area contributed by atoms with Crippen LogP contribution in [-0.4, -0.2) is 20.8 Å². The average Bonchev–Trinajstić information content (AvgIpc) is 2.69. The van der Waals surface area contributed by atoms with Crippen molar-refractivity contribution in [3.63, 3.8) is 0 Å². The second-order valence-corrected chi connectivity index (χ2v) is 5.11. The zero-order valence-corrected chi connectivity index (χ0v) is 9.63. The Balaban J connectivity index is 1.66. The second-order valence-electron chi connectivity index (χ2n) is 5.11. The lowest BCUT2D eigenvalue weighted by Crippen LogP contribution is -2.40. The van der Waals surface area contributed by atoms with E-state index in [1.54, 1.807) is 6.33 Å². The molecular weight excluding hydrogens is 202 g/mol. The Hall–Kier alpha value is -0.940. The number of aromatic nitrogens is 3. The second kappa shape index (κ2) is 3.82. The maximum Gasteiger partial charge on any atom is 0.138 e. The molecule has 5 nitrogen and oxygen atoms in total. The Morgan fingerprint density at radius 2 is 2.31 bits per heavy atom. The summed E-state index contributed by atoms with van der Waals surface area (Å²) < 4.78 is 1.84. The van der Waals surface area contributed by atoms with Crippen LogP contribution in [0.15, 0.2) is 6.33 Å². The molecule has 88 valence electrons. The molecule has 3 N–H and O–H groups in total. The summed E-state index contributed by atoms with van der Waals surface area (Å²) in [5.74, 6) is 9.32. The van der Waals surface area contributed by atoms with Crippen molar-refractivity contribution in [3.8, 4) is 0 Å². The molecule has 0 aromatic carbocycles. The summed E-state index contributed by atoms with van der Waals surface area (Å²) in [5, 5.41) is 4.09. The molecule has 3 rings (SSSR count). The first-order chi connectivity index (χ1) is 7.81. The molecule has 1 aromatic heterocycles. The van der Waals surface area contributed by atoms with Gasteiger partial charge in [-0.05, 0) is 30.6 Å². The van der Waals surface area contributed by atoms with Gasteiger partial charge in [-0.25, -0.2) is 4.98 Å². The van der Waals surface area contributed by atoms with Crippen molar-refractivity contribution in [2.24, 2.45) is 30.6 Å². The van der Waals surface area contributed by atoms with Crippen LogP contribution in [0.25, 0.3) is 0 Å². The van der Waals surface area contributed by atoms with E-state index in [2.05, 4.69) is 15.5 Å². The third-order valence-corrected chi connectivity index (χ3v) is 4.36. The number of nitrogens with one attached hydrogen (secondary N) is 1. The van der Waals surface area contributed by atoms with E-state index in [9.17, 15) is 0 Å². The molecule has 3 unspecified atom stereocenters. The molecule has 0 radical (unpaired) electrons. The van der Waals surface area contributed by atoms with Gasteiger partial charge in [0.2, 0.25) is 0 Å². The SMILES string of the molecule is Cn1ncnc1CC(NN)C1C2CCCC21. The highest BCUT2D eigenvalue weighted by Crippen LogP contribution is 2.59. The predicted molar refractivity (Wildman–Crippen MR) is 60.1 cm³/mol. The average molecular weight is 221 g/mol. The van der Waals surface area contributed by atoms with Crippen molar-refractivity contribution in [3.05, 3.63) is 12.2 Å². The van der Waals surface area contributed by atoms with E-state index >= 15 is 0 Å². The molecule has 0 amide bonds. The summed E-state index contributed by atoms with van der Waals surface area (Å²) in [4.78, 5) is 4.26. The zero-order chi connectivity index (χ0) is 11.1. The topological polar surface area (TPSA) is 68.8 Å². The van der Waals surface area contributed by atoms with Crippen LogP contribution < -0.4 is 11.3 Å². The van der Waals surface area contributed by atoms with E-state index in [0.717, 1.165) is 30.0 Å². The zero-order valence-electron chi connectivity index (χ0n) is 9.63. The number of rotatable bonds is 4. The highest BCUT2D eigenvalue weighted by atomic mass is 15.3. The van der Waals surface area contributed by atoms with Crippen LogP contribution in [0.4, 0.5) is 0 Å². The molecule has 2 aliphatic rings. The normalized spacial score (nSPS) is 33.8. The van der Waals surface area contributed by atoms with E-state index in [1.807, 2.05) is 11.7 Å².